The number of sulfonamides is 1. The smallest absolute Gasteiger partial charge is 0.269 e. The van der Waals surface area contributed by atoms with E-state index < -0.39 is 22.0 Å². The van der Waals surface area contributed by atoms with Crippen LogP contribution in [0.1, 0.15) is 42.1 Å². The first kappa shape index (κ1) is 25.2. The van der Waals surface area contributed by atoms with E-state index in [9.17, 15) is 22.8 Å². The van der Waals surface area contributed by atoms with Gasteiger partial charge in [-0.1, -0.05) is 31.2 Å². The third-order valence-electron chi connectivity index (χ3n) is 5.81. The van der Waals surface area contributed by atoms with Crippen molar-refractivity contribution in [2.75, 3.05) is 20.7 Å². The Labute approximate surface area is 199 Å². The van der Waals surface area contributed by atoms with Crippen molar-refractivity contribution >= 4 is 27.7 Å². The van der Waals surface area contributed by atoms with Gasteiger partial charge < -0.3 is 15.0 Å². The first-order valence-corrected chi connectivity index (χ1v) is 12.5. The lowest BCUT2D eigenvalue weighted by molar-refractivity contribution is -0.141. The van der Waals surface area contributed by atoms with Crippen LogP contribution < -0.4 is 10.1 Å². The summed E-state index contributed by atoms with van der Waals surface area (Å²) in [6.45, 7) is 1.91. The van der Waals surface area contributed by atoms with Crippen molar-refractivity contribution in [1.29, 1.82) is 0 Å². The van der Waals surface area contributed by atoms with E-state index >= 15 is 0 Å². The largest absolute Gasteiger partial charge is 0.497 e. The average Bonchev–Trinajstić information content (AvgIpc) is 3.04. The summed E-state index contributed by atoms with van der Waals surface area (Å²) in [5.41, 5.74) is 0.963. The standard InChI is InChI=1S/C24H29N3O6S/c1-4-20(23(29)25-2)26(16-17-11-13-18(33-3)14-12-17)22(28)10-7-15-27-24(30)19-8-5-6-9-21(19)34(27,31)32/h5-6,8-9,11-14,20H,4,7,10,15-16H2,1-3H3,(H,25,29)/t20-/m0/s1. The molecule has 2 aromatic carbocycles. The minimum Gasteiger partial charge on any atom is -0.497 e. The van der Waals surface area contributed by atoms with Gasteiger partial charge in [0.1, 0.15) is 16.7 Å². The molecule has 1 aliphatic rings. The normalized spacial score (nSPS) is 14.9. The summed E-state index contributed by atoms with van der Waals surface area (Å²) in [5.74, 6) is -0.489. The fourth-order valence-electron chi connectivity index (χ4n) is 3.98. The Bertz CT molecular complexity index is 1160. The quantitative estimate of drug-likeness (QED) is 0.550. The number of likely N-dealkylation sites (N-methyl/N-ethyl adjacent to an activating group) is 1. The van der Waals surface area contributed by atoms with Crippen LogP contribution in [0.4, 0.5) is 0 Å². The second-order valence-corrected chi connectivity index (χ2v) is 9.72. The summed E-state index contributed by atoms with van der Waals surface area (Å²) >= 11 is 0. The van der Waals surface area contributed by atoms with Crippen molar-refractivity contribution < 1.29 is 27.5 Å². The van der Waals surface area contributed by atoms with Crippen LogP contribution in [0.3, 0.4) is 0 Å². The number of fused-ring (bicyclic) bond motifs is 1. The molecule has 0 radical (unpaired) electrons. The maximum Gasteiger partial charge on any atom is 0.269 e. The highest BCUT2D eigenvalue weighted by molar-refractivity contribution is 7.90. The van der Waals surface area contributed by atoms with Crippen LogP contribution in [0, 0.1) is 0 Å². The summed E-state index contributed by atoms with van der Waals surface area (Å²) in [4.78, 5) is 39.7. The van der Waals surface area contributed by atoms with Crippen molar-refractivity contribution in [3.63, 3.8) is 0 Å². The van der Waals surface area contributed by atoms with Crippen molar-refractivity contribution in [3.8, 4) is 5.75 Å². The predicted molar refractivity (Wildman–Crippen MR) is 126 cm³/mol. The van der Waals surface area contributed by atoms with Gasteiger partial charge in [-0.05, 0) is 42.7 Å². The minimum atomic E-state index is -3.92. The summed E-state index contributed by atoms with van der Waals surface area (Å²) < 4.78 is 31.4. The van der Waals surface area contributed by atoms with Crippen LogP contribution in [0.25, 0.3) is 0 Å². The number of nitrogens with one attached hydrogen (secondary N) is 1. The van der Waals surface area contributed by atoms with Gasteiger partial charge in [-0.2, -0.15) is 0 Å². The molecule has 0 spiro atoms. The fraction of sp³-hybridized carbons (Fsp3) is 0.375. The molecule has 0 saturated carbocycles. The number of carbonyl (C=O) groups is 3. The molecule has 182 valence electrons. The van der Waals surface area contributed by atoms with E-state index in [1.807, 2.05) is 19.1 Å². The SMILES string of the molecule is CC[C@@H](C(=O)NC)N(Cc1ccc(OC)cc1)C(=O)CCCN1C(=O)c2ccccc2S1(=O)=O. The topological polar surface area (TPSA) is 113 Å². The van der Waals surface area contributed by atoms with Crippen LogP contribution >= 0.6 is 0 Å². The zero-order valence-electron chi connectivity index (χ0n) is 19.5. The summed E-state index contributed by atoms with van der Waals surface area (Å²) in [6, 6.07) is 12.6. The molecule has 1 heterocycles. The van der Waals surface area contributed by atoms with E-state index in [2.05, 4.69) is 5.32 Å². The van der Waals surface area contributed by atoms with Crippen molar-refractivity contribution in [2.45, 2.75) is 43.7 Å². The zero-order valence-corrected chi connectivity index (χ0v) is 20.3. The number of ether oxygens (including phenoxy) is 1. The molecule has 1 atom stereocenters. The first-order chi connectivity index (χ1) is 16.2. The van der Waals surface area contributed by atoms with Crippen LogP contribution in [0.2, 0.25) is 0 Å². The summed E-state index contributed by atoms with van der Waals surface area (Å²) in [5, 5.41) is 2.60. The van der Waals surface area contributed by atoms with E-state index in [1.165, 1.54) is 24.1 Å². The van der Waals surface area contributed by atoms with Gasteiger partial charge in [0.2, 0.25) is 11.8 Å². The maximum atomic E-state index is 13.2. The number of amides is 3. The molecular weight excluding hydrogens is 458 g/mol. The highest BCUT2D eigenvalue weighted by Crippen LogP contribution is 2.30. The van der Waals surface area contributed by atoms with Gasteiger partial charge in [0.15, 0.2) is 0 Å². The Morgan fingerprint density at radius 2 is 1.79 bits per heavy atom. The Hall–Kier alpha value is -3.40. The van der Waals surface area contributed by atoms with Crippen molar-refractivity contribution in [2.24, 2.45) is 0 Å². The number of hydrogen-bond acceptors (Lipinski definition) is 6. The Kier molecular flexibility index (Phi) is 7.93. The highest BCUT2D eigenvalue weighted by atomic mass is 32.2. The average molecular weight is 488 g/mol. The molecule has 0 aromatic heterocycles. The molecule has 0 saturated heterocycles. The molecule has 10 heteroatoms. The highest BCUT2D eigenvalue weighted by Gasteiger charge is 2.40. The van der Waals surface area contributed by atoms with E-state index in [4.69, 9.17) is 4.74 Å². The van der Waals surface area contributed by atoms with Crippen LogP contribution in [0.5, 0.6) is 5.75 Å². The van der Waals surface area contributed by atoms with Gasteiger partial charge >= 0.3 is 0 Å². The number of nitrogens with zero attached hydrogens (tertiary/aromatic N) is 2. The molecule has 0 aliphatic carbocycles. The summed E-state index contributed by atoms with van der Waals surface area (Å²) in [6.07, 6.45) is 0.538. The van der Waals surface area contributed by atoms with Gasteiger partial charge in [0.05, 0.1) is 12.7 Å². The molecule has 0 bridgehead atoms. The predicted octanol–water partition coefficient (Wildman–Crippen LogP) is 2.17. The number of carbonyl (C=O) groups excluding carboxylic acids is 3. The van der Waals surface area contributed by atoms with E-state index in [0.717, 1.165) is 9.87 Å². The van der Waals surface area contributed by atoms with E-state index in [-0.39, 0.29) is 48.2 Å². The van der Waals surface area contributed by atoms with Crippen LogP contribution in [-0.4, -0.2) is 62.1 Å². The molecule has 3 amide bonds. The molecule has 0 fully saturated rings. The molecular formula is C24H29N3O6S. The fourth-order valence-corrected chi connectivity index (χ4v) is 5.59. The lowest BCUT2D eigenvalue weighted by Crippen LogP contribution is -2.48. The summed E-state index contributed by atoms with van der Waals surface area (Å²) in [7, 11) is -0.845. The second-order valence-electron chi connectivity index (χ2n) is 7.89. The van der Waals surface area contributed by atoms with Crippen LogP contribution in [0.15, 0.2) is 53.4 Å². The Balaban J connectivity index is 1.72. The molecule has 1 aliphatic heterocycles. The van der Waals surface area contributed by atoms with E-state index in [1.54, 1.807) is 31.4 Å². The zero-order chi connectivity index (χ0) is 24.9. The van der Waals surface area contributed by atoms with Gasteiger partial charge in [-0.3, -0.25) is 14.4 Å². The third-order valence-corrected chi connectivity index (χ3v) is 7.65. The number of benzene rings is 2. The Morgan fingerprint density at radius 1 is 1.12 bits per heavy atom. The molecule has 3 rings (SSSR count). The van der Waals surface area contributed by atoms with Gasteiger partial charge in [-0.25, -0.2) is 12.7 Å². The molecule has 0 unspecified atom stereocenters. The minimum absolute atomic E-state index is 0.0146. The molecule has 34 heavy (non-hydrogen) atoms. The number of hydrogen-bond donors (Lipinski definition) is 1. The van der Waals surface area contributed by atoms with E-state index in [0.29, 0.717) is 12.2 Å². The van der Waals surface area contributed by atoms with Crippen LogP contribution in [-0.2, 0) is 26.2 Å². The number of methoxy groups -OCH3 is 1. The second kappa shape index (κ2) is 10.7. The lowest BCUT2D eigenvalue weighted by atomic mass is 10.1. The van der Waals surface area contributed by atoms with Gasteiger partial charge in [0.25, 0.3) is 15.9 Å². The number of rotatable bonds is 10. The van der Waals surface area contributed by atoms with Gasteiger partial charge in [0, 0.05) is 26.6 Å². The Morgan fingerprint density at radius 3 is 2.38 bits per heavy atom. The first-order valence-electron chi connectivity index (χ1n) is 11.0. The lowest BCUT2D eigenvalue weighted by Gasteiger charge is -2.30. The monoisotopic (exact) mass is 487 g/mol. The van der Waals surface area contributed by atoms with Gasteiger partial charge in [-0.15, -0.1) is 0 Å². The van der Waals surface area contributed by atoms with Crippen molar-refractivity contribution in [3.05, 3.63) is 59.7 Å². The molecule has 9 nitrogen and oxygen atoms in total. The maximum absolute atomic E-state index is 13.2. The van der Waals surface area contributed by atoms with Crippen molar-refractivity contribution in [1.82, 2.24) is 14.5 Å². The molecule has 2 aromatic rings. The molecule has 1 N–H and O–H groups in total. The third kappa shape index (κ3) is 5.06.